The van der Waals surface area contributed by atoms with Crippen molar-refractivity contribution in [2.45, 2.75) is 44.9 Å². The van der Waals surface area contributed by atoms with Gasteiger partial charge in [-0.15, -0.1) is 0 Å². The molecule has 0 spiro atoms. The molecular formula is C15H18N2O6. The van der Waals surface area contributed by atoms with Gasteiger partial charge in [-0.05, 0) is 32.3 Å². The number of carbonyl (C=O) groups is 2. The summed E-state index contributed by atoms with van der Waals surface area (Å²) in [5, 5.41) is 22.5. The Bertz CT molecular complexity index is 645. The summed E-state index contributed by atoms with van der Waals surface area (Å²) in [7, 11) is 0. The first-order valence-electron chi connectivity index (χ1n) is 7.23. The second-order valence-corrected chi connectivity index (χ2v) is 5.56. The van der Waals surface area contributed by atoms with Crippen molar-refractivity contribution in [1.82, 2.24) is 5.32 Å². The summed E-state index contributed by atoms with van der Waals surface area (Å²) in [6, 6.07) is 4.32. The summed E-state index contributed by atoms with van der Waals surface area (Å²) >= 11 is 0. The van der Waals surface area contributed by atoms with Crippen LogP contribution in [-0.4, -0.2) is 34.1 Å². The molecular weight excluding hydrogens is 304 g/mol. The van der Waals surface area contributed by atoms with E-state index in [-0.39, 0.29) is 12.1 Å². The molecule has 3 atom stereocenters. The van der Waals surface area contributed by atoms with Gasteiger partial charge in [0.25, 0.3) is 5.69 Å². The number of aliphatic carboxylic acids is 1. The van der Waals surface area contributed by atoms with Gasteiger partial charge >= 0.3 is 5.97 Å². The lowest BCUT2D eigenvalue weighted by atomic mass is 10.0. The molecule has 8 heteroatoms. The van der Waals surface area contributed by atoms with Crippen molar-refractivity contribution in [3.05, 3.63) is 39.4 Å². The molecule has 0 aliphatic carbocycles. The van der Waals surface area contributed by atoms with Crippen molar-refractivity contribution < 1.29 is 24.4 Å². The molecule has 0 bridgehead atoms. The topological polar surface area (TPSA) is 119 Å². The molecule has 0 radical (unpaired) electrons. The normalized spacial score (nSPS) is 21.7. The number of rotatable bonds is 5. The molecule has 1 amide bonds. The van der Waals surface area contributed by atoms with E-state index in [0.717, 1.165) is 0 Å². The number of nitro groups is 1. The Morgan fingerprint density at radius 2 is 2.04 bits per heavy atom. The maximum absolute atomic E-state index is 12.1. The van der Waals surface area contributed by atoms with Crippen LogP contribution in [0.3, 0.4) is 0 Å². The van der Waals surface area contributed by atoms with Gasteiger partial charge in [-0.1, -0.05) is 12.1 Å². The lowest BCUT2D eigenvalue weighted by Gasteiger charge is -2.17. The maximum Gasteiger partial charge on any atom is 0.332 e. The lowest BCUT2D eigenvalue weighted by Crippen LogP contribution is -2.37. The van der Waals surface area contributed by atoms with Crippen LogP contribution in [0.2, 0.25) is 0 Å². The highest BCUT2D eigenvalue weighted by molar-refractivity contribution is 5.83. The van der Waals surface area contributed by atoms with E-state index in [4.69, 9.17) is 9.84 Å². The number of nitrogens with one attached hydrogen (secondary N) is 1. The number of benzene rings is 1. The molecule has 1 aliphatic rings. The van der Waals surface area contributed by atoms with Crippen LogP contribution in [0.1, 0.15) is 36.9 Å². The standard InChI is InChI=1S/C15H18N2O6/c1-8-3-4-10(7-11(8)17(21)22)9(2)16-14(18)12-5-6-13(23-12)15(19)20/h3-4,7,9,12-13H,5-6H2,1-2H3,(H,16,18)(H,19,20)/t9?,12-,13+/m0/s1. The Balaban J connectivity index is 2.03. The monoisotopic (exact) mass is 322 g/mol. The van der Waals surface area contributed by atoms with Gasteiger partial charge in [0, 0.05) is 11.6 Å². The molecule has 0 saturated carbocycles. The van der Waals surface area contributed by atoms with E-state index in [1.165, 1.54) is 6.07 Å². The third-order valence-electron chi connectivity index (χ3n) is 3.88. The van der Waals surface area contributed by atoms with Crippen LogP contribution < -0.4 is 5.32 Å². The molecule has 1 aromatic carbocycles. The zero-order chi connectivity index (χ0) is 17.1. The van der Waals surface area contributed by atoms with Gasteiger partial charge in [0.05, 0.1) is 11.0 Å². The second-order valence-electron chi connectivity index (χ2n) is 5.56. The highest BCUT2D eigenvalue weighted by Crippen LogP contribution is 2.24. The molecule has 124 valence electrons. The smallest absolute Gasteiger partial charge is 0.332 e. The van der Waals surface area contributed by atoms with Gasteiger partial charge in [0.2, 0.25) is 5.91 Å². The first-order valence-corrected chi connectivity index (χ1v) is 7.23. The van der Waals surface area contributed by atoms with Crippen LogP contribution in [0.15, 0.2) is 18.2 Å². The van der Waals surface area contributed by atoms with E-state index in [0.29, 0.717) is 17.5 Å². The van der Waals surface area contributed by atoms with Crippen molar-refractivity contribution in [1.29, 1.82) is 0 Å². The van der Waals surface area contributed by atoms with Gasteiger partial charge in [0.1, 0.15) is 6.10 Å². The maximum atomic E-state index is 12.1. The minimum Gasteiger partial charge on any atom is -0.479 e. The minimum atomic E-state index is -1.08. The van der Waals surface area contributed by atoms with Crippen LogP contribution in [0.25, 0.3) is 0 Å². The molecule has 8 nitrogen and oxygen atoms in total. The fraction of sp³-hybridized carbons (Fsp3) is 0.467. The molecule has 1 fully saturated rings. The van der Waals surface area contributed by atoms with Crippen molar-refractivity contribution in [3.63, 3.8) is 0 Å². The Labute approximate surface area is 132 Å². The van der Waals surface area contributed by atoms with Gasteiger partial charge in [-0.3, -0.25) is 14.9 Å². The number of nitrogens with zero attached hydrogens (tertiary/aromatic N) is 1. The summed E-state index contributed by atoms with van der Waals surface area (Å²) < 4.78 is 5.18. The lowest BCUT2D eigenvalue weighted by molar-refractivity contribution is -0.385. The Kier molecular flexibility index (Phi) is 4.95. The summed E-state index contributed by atoms with van der Waals surface area (Å²) in [6.45, 7) is 3.35. The zero-order valence-corrected chi connectivity index (χ0v) is 12.8. The first kappa shape index (κ1) is 16.9. The van der Waals surface area contributed by atoms with Crippen LogP contribution in [0, 0.1) is 17.0 Å². The van der Waals surface area contributed by atoms with E-state index in [2.05, 4.69) is 5.32 Å². The molecule has 1 saturated heterocycles. The predicted octanol–water partition coefficient (Wildman–Crippen LogP) is 1.71. The average Bonchev–Trinajstić information content (AvgIpc) is 2.97. The molecule has 2 rings (SSSR count). The zero-order valence-electron chi connectivity index (χ0n) is 12.8. The molecule has 1 aromatic rings. The SMILES string of the molecule is Cc1ccc(C(C)NC(=O)[C@@H]2CC[C@H](C(=O)O)O2)cc1[N+](=O)[O-]. The number of hydrogen-bond acceptors (Lipinski definition) is 5. The number of amides is 1. The number of ether oxygens (including phenoxy) is 1. The summed E-state index contributed by atoms with van der Waals surface area (Å²) in [6.07, 6.45) is -1.14. The van der Waals surface area contributed by atoms with E-state index >= 15 is 0 Å². The predicted molar refractivity (Wildman–Crippen MR) is 79.9 cm³/mol. The minimum absolute atomic E-state index is 0.00773. The van der Waals surface area contributed by atoms with Crippen molar-refractivity contribution in [2.24, 2.45) is 0 Å². The van der Waals surface area contributed by atoms with Crippen molar-refractivity contribution >= 4 is 17.6 Å². The van der Waals surface area contributed by atoms with Crippen molar-refractivity contribution in [3.8, 4) is 0 Å². The van der Waals surface area contributed by atoms with E-state index in [1.807, 2.05) is 0 Å². The number of hydrogen-bond donors (Lipinski definition) is 2. The van der Waals surface area contributed by atoms with Gasteiger partial charge < -0.3 is 15.2 Å². The second kappa shape index (κ2) is 6.74. The fourth-order valence-corrected chi connectivity index (χ4v) is 2.49. The van der Waals surface area contributed by atoms with E-state index < -0.39 is 35.0 Å². The Hall–Kier alpha value is -2.48. The first-order chi connectivity index (χ1) is 10.8. The molecule has 0 aromatic heterocycles. The van der Waals surface area contributed by atoms with Crippen LogP contribution in [0.5, 0.6) is 0 Å². The van der Waals surface area contributed by atoms with E-state index in [1.54, 1.807) is 26.0 Å². The molecule has 23 heavy (non-hydrogen) atoms. The third-order valence-corrected chi connectivity index (χ3v) is 3.88. The molecule has 1 unspecified atom stereocenters. The van der Waals surface area contributed by atoms with Gasteiger partial charge in [-0.2, -0.15) is 0 Å². The number of carboxylic acid groups (broad SMARTS) is 1. The molecule has 2 N–H and O–H groups in total. The number of nitro benzene ring substituents is 1. The molecule has 1 aliphatic heterocycles. The van der Waals surface area contributed by atoms with E-state index in [9.17, 15) is 19.7 Å². The highest BCUT2D eigenvalue weighted by Gasteiger charge is 2.35. The van der Waals surface area contributed by atoms with Crippen molar-refractivity contribution in [2.75, 3.05) is 0 Å². The summed E-state index contributed by atoms with van der Waals surface area (Å²) in [4.78, 5) is 33.4. The van der Waals surface area contributed by atoms with Crippen LogP contribution in [0.4, 0.5) is 5.69 Å². The number of aryl methyl sites for hydroxylation is 1. The number of carboxylic acids is 1. The highest BCUT2D eigenvalue weighted by atomic mass is 16.6. The van der Waals surface area contributed by atoms with Crippen LogP contribution in [-0.2, 0) is 14.3 Å². The summed E-state index contributed by atoms with van der Waals surface area (Å²) in [5.74, 6) is -1.49. The Morgan fingerprint density at radius 1 is 1.39 bits per heavy atom. The summed E-state index contributed by atoms with van der Waals surface area (Å²) in [5.41, 5.74) is 1.13. The third kappa shape index (κ3) is 3.84. The average molecular weight is 322 g/mol. The Morgan fingerprint density at radius 3 is 2.61 bits per heavy atom. The number of carbonyl (C=O) groups excluding carboxylic acids is 1. The van der Waals surface area contributed by atoms with Crippen LogP contribution >= 0.6 is 0 Å². The quantitative estimate of drug-likeness (QED) is 0.629. The van der Waals surface area contributed by atoms with Gasteiger partial charge in [-0.25, -0.2) is 4.79 Å². The fourth-order valence-electron chi connectivity index (χ4n) is 2.49. The largest absolute Gasteiger partial charge is 0.479 e. The van der Waals surface area contributed by atoms with Gasteiger partial charge in [0.15, 0.2) is 6.10 Å². The molecule has 1 heterocycles.